The molecule has 0 aromatic rings. The normalized spacial score (nSPS) is 49.2. The maximum Gasteiger partial charge on any atom is 0.117 e. The molecule has 0 bridgehead atoms. The summed E-state index contributed by atoms with van der Waals surface area (Å²) >= 11 is 0. The average molecular weight is 178 g/mol. The topological polar surface area (TPSA) is 90.2 Å². The van der Waals surface area contributed by atoms with Gasteiger partial charge < -0.3 is 25.2 Å². The van der Waals surface area contributed by atoms with Gasteiger partial charge in [0.2, 0.25) is 0 Å². The number of aliphatic hydroxyl groups excluding tert-OH is 4. The molecular formula is C7H14O5. The minimum Gasteiger partial charge on any atom is -0.393 e. The van der Waals surface area contributed by atoms with Crippen molar-refractivity contribution in [2.75, 3.05) is 13.2 Å². The van der Waals surface area contributed by atoms with Crippen LogP contribution in [0.15, 0.2) is 0 Å². The fraction of sp³-hybridized carbons (Fsp3) is 1.00. The van der Waals surface area contributed by atoms with Gasteiger partial charge in [0, 0.05) is 0 Å². The Morgan fingerprint density at radius 1 is 1.42 bits per heavy atom. The molecule has 0 radical (unpaired) electrons. The highest BCUT2D eigenvalue weighted by atomic mass is 16.5. The van der Waals surface area contributed by atoms with Crippen molar-refractivity contribution < 1.29 is 25.2 Å². The van der Waals surface area contributed by atoms with E-state index in [1.54, 1.807) is 0 Å². The van der Waals surface area contributed by atoms with Gasteiger partial charge in [-0.15, -0.1) is 0 Å². The maximum absolute atomic E-state index is 9.37. The lowest BCUT2D eigenvalue weighted by molar-refractivity contribution is -0.239. The maximum atomic E-state index is 9.37. The van der Waals surface area contributed by atoms with E-state index in [9.17, 15) is 10.2 Å². The summed E-state index contributed by atoms with van der Waals surface area (Å²) in [6, 6.07) is 0. The van der Waals surface area contributed by atoms with Gasteiger partial charge in [-0.2, -0.15) is 0 Å². The number of hydrogen-bond acceptors (Lipinski definition) is 5. The first-order valence-corrected chi connectivity index (χ1v) is 3.80. The molecule has 1 aliphatic heterocycles. The quantitative estimate of drug-likeness (QED) is 0.367. The molecule has 1 rings (SSSR count). The number of ether oxygens (including phenoxy) is 1. The van der Waals surface area contributed by atoms with E-state index in [2.05, 4.69) is 0 Å². The van der Waals surface area contributed by atoms with Crippen LogP contribution in [0.5, 0.6) is 0 Å². The van der Waals surface area contributed by atoms with Gasteiger partial charge in [0.05, 0.1) is 13.2 Å². The molecule has 0 spiro atoms. The van der Waals surface area contributed by atoms with Gasteiger partial charge >= 0.3 is 0 Å². The molecule has 5 nitrogen and oxygen atoms in total. The van der Waals surface area contributed by atoms with Crippen LogP contribution in [0.25, 0.3) is 0 Å². The highest BCUT2D eigenvalue weighted by Crippen LogP contribution is 2.24. The SMILES string of the molecule is CC1(CO)OCC(O)C(O)C1O. The van der Waals surface area contributed by atoms with E-state index < -0.39 is 30.5 Å². The molecule has 0 saturated carbocycles. The predicted octanol–water partition coefficient (Wildman–Crippen LogP) is -2.15. The summed E-state index contributed by atoms with van der Waals surface area (Å²) in [5, 5.41) is 36.5. The van der Waals surface area contributed by atoms with E-state index in [-0.39, 0.29) is 6.61 Å². The molecular weight excluding hydrogens is 164 g/mol. The van der Waals surface area contributed by atoms with Crippen LogP contribution in [0.3, 0.4) is 0 Å². The van der Waals surface area contributed by atoms with Crippen LogP contribution in [0, 0.1) is 0 Å². The molecule has 0 aromatic carbocycles. The van der Waals surface area contributed by atoms with E-state index >= 15 is 0 Å². The van der Waals surface area contributed by atoms with Gasteiger partial charge in [-0.1, -0.05) is 0 Å². The second-order valence-corrected chi connectivity index (χ2v) is 3.28. The van der Waals surface area contributed by atoms with Crippen molar-refractivity contribution in [2.45, 2.75) is 30.8 Å². The molecule has 5 heteroatoms. The fourth-order valence-corrected chi connectivity index (χ4v) is 1.17. The molecule has 0 aromatic heterocycles. The van der Waals surface area contributed by atoms with Crippen molar-refractivity contribution in [1.29, 1.82) is 0 Å². The Morgan fingerprint density at radius 2 is 2.00 bits per heavy atom. The van der Waals surface area contributed by atoms with Crippen LogP contribution < -0.4 is 0 Å². The Balaban J connectivity index is 2.71. The van der Waals surface area contributed by atoms with Gasteiger partial charge in [0.15, 0.2) is 0 Å². The third-order valence-corrected chi connectivity index (χ3v) is 2.24. The molecule has 4 unspecified atom stereocenters. The molecule has 4 atom stereocenters. The molecule has 4 N–H and O–H groups in total. The van der Waals surface area contributed by atoms with E-state index in [0.717, 1.165) is 0 Å². The smallest absolute Gasteiger partial charge is 0.117 e. The fourth-order valence-electron chi connectivity index (χ4n) is 1.17. The minimum atomic E-state index is -1.26. The van der Waals surface area contributed by atoms with Gasteiger partial charge in [0.1, 0.15) is 23.9 Å². The summed E-state index contributed by atoms with van der Waals surface area (Å²) in [5.74, 6) is 0. The first-order valence-electron chi connectivity index (χ1n) is 3.80. The van der Waals surface area contributed by atoms with Crippen LogP contribution in [-0.4, -0.2) is 57.6 Å². The lowest BCUT2D eigenvalue weighted by Crippen LogP contribution is -2.60. The monoisotopic (exact) mass is 178 g/mol. The first-order chi connectivity index (χ1) is 5.51. The summed E-state index contributed by atoms with van der Waals surface area (Å²) in [5.41, 5.74) is -1.17. The van der Waals surface area contributed by atoms with Crippen LogP contribution in [-0.2, 0) is 4.74 Å². The van der Waals surface area contributed by atoms with Crippen molar-refractivity contribution in [2.24, 2.45) is 0 Å². The molecule has 1 heterocycles. The zero-order chi connectivity index (χ0) is 9.35. The standard InChI is InChI=1S/C7H14O5/c1-7(3-8)6(11)5(10)4(9)2-12-7/h4-6,8-11H,2-3H2,1H3. The zero-order valence-electron chi connectivity index (χ0n) is 6.84. The highest BCUT2D eigenvalue weighted by Gasteiger charge is 2.45. The molecule has 1 fully saturated rings. The number of rotatable bonds is 1. The van der Waals surface area contributed by atoms with Crippen LogP contribution in [0.2, 0.25) is 0 Å². The van der Waals surface area contributed by atoms with Crippen LogP contribution in [0.1, 0.15) is 6.92 Å². The Hall–Kier alpha value is -0.200. The van der Waals surface area contributed by atoms with E-state index in [1.807, 2.05) is 0 Å². The molecule has 0 aliphatic carbocycles. The van der Waals surface area contributed by atoms with Crippen LogP contribution >= 0.6 is 0 Å². The lowest BCUT2D eigenvalue weighted by atomic mass is 9.90. The summed E-state index contributed by atoms with van der Waals surface area (Å²) in [7, 11) is 0. The Labute approximate surface area is 70.2 Å². The van der Waals surface area contributed by atoms with Crippen molar-refractivity contribution in [1.82, 2.24) is 0 Å². The summed E-state index contributed by atoms with van der Waals surface area (Å²) < 4.78 is 5.00. The van der Waals surface area contributed by atoms with Gasteiger partial charge in [-0.05, 0) is 6.92 Å². The second kappa shape index (κ2) is 3.27. The Bertz CT molecular complexity index is 162. The summed E-state index contributed by atoms with van der Waals surface area (Å²) in [6.07, 6.45) is -3.60. The van der Waals surface area contributed by atoms with Crippen LogP contribution in [0.4, 0.5) is 0 Å². The third-order valence-electron chi connectivity index (χ3n) is 2.24. The largest absolute Gasteiger partial charge is 0.393 e. The number of aliphatic hydroxyl groups is 4. The Morgan fingerprint density at radius 3 is 2.50 bits per heavy atom. The van der Waals surface area contributed by atoms with Crippen molar-refractivity contribution >= 4 is 0 Å². The second-order valence-electron chi connectivity index (χ2n) is 3.28. The van der Waals surface area contributed by atoms with Crippen molar-refractivity contribution in [3.05, 3.63) is 0 Å². The first kappa shape index (κ1) is 9.88. The van der Waals surface area contributed by atoms with Crippen molar-refractivity contribution in [3.63, 3.8) is 0 Å². The van der Waals surface area contributed by atoms with Crippen molar-refractivity contribution in [3.8, 4) is 0 Å². The summed E-state index contributed by atoms with van der Waals surface area (Å²) in [6.45, 7) is 1.01. The molecule has 1 aliphatic rings. The molecule has 12 heavy (non-hydrogen) atoms. The number of hydrogen-bond donors (Lipinski definition) is 4. The van der Waals surface area contributed by atoms with Gasteiger partial charge in [-0.25, -0.2) is 0 Å². The highest BCUT2D eigenvalue weighted by molar-refractivity contribution is 4.95. The van der Waals surface area contributed by atoms with Gasteiger partial charge in [0.25, 0.3) is 0 Å². The van der Waals surface area contributed by atoms with E-state index in [4.69, 9.17) is 14.9 Å². The lowest BCUT2D eigenvalue weighted by Gasteiger charge is -2.41. The minimum absolute atomic E-state index is 0.0741. The molecule has 1 saturated heterocycles. The zero-order valence-corrected chi connectivity index (χ0v) is 6.84. The average Bonchev–Trinajstić information content (AvgIpc) is 2.09. The Kier molecular flexibility index (Phi) is 2.70. The predicted molar refractivity (Wildman–Crippen MR) is 39.5 cm³/mol. The van der Waals surface area contributed by atoms with Gasteiger partial charge in [-0.3, -0.25) is 0 Å². The molecule has 0 amide bonds. The van der Waals surface area contributed by atoms with E-state index in [0.29, 0.717) is 0 Å². The van der Waals surface area contributed by atoms with E-state index in [1.165, 1.54) is 6.92 Å². The molecule has 72 valence electrons. The third kappa shape index (κ3) is 1.46. The summed E-state index contributed by atoms with van der Waals surface area (Å²) in [4.78, 5) is 0.